The van der Waals surface area contributed by atoms with E-state index >= 15 is 0 Å². The Balaban J connectivity index is 1.71. The van der Waals surface area contributed by atoms with E-state index in [0.717, 1.165) is 5.56 Å². The van der Waals surface area contributed by atoms with E-state index in [2.05, 4.69) is 0 Å². The normalized spacial score (nSPS) is 27.3. The number of piperidine rings is 1. The fourth-order valence-electron chi connectivity index (χ4n) is 3.92. The lowest BCUT2D eigenvalue weighted by Gasteiger charge is -2.43. The van der Waals surface area contributed by atoms with Crippen LogP contribution in [0.25, 0.3) is 0 Å². The standard InChI is InChI=1S/C17H23FN2O4S/c1-25(23,24)20-9-14-6-7-19(10-17(14,11-20)12-21)16(22)8-13-2-4-15(18)5-3-13/h2-5,14,21H,6-12H2,1H3/t14-,17+/m0/s1. The third-order valence-electron chi connectivity index (χ3n) is 5.44. The van der Waals surface area contributed by atoms with Crippen molar-refractivity contribution in [3.05, 3.63) is 35.6 Å². The van der Waals surface area contributed by atoms with Gasteiger partial charge in [-0.15, -0.1) is 0 Å². The zero-order valence-electron chi connectivity index (χ0n) is 14.2. The Morgan fingerprint density at radius 2 is 2.00 bits per heavy atom. The number of carbonyl (C=O) groups excluding carboxylic acids is 1. The summed E-state index contributed by atoms with van der Waals surface area (Å²) in [5.41, 5.74) is 0.135. The van der Waals surface area contributed by atoms with Gasteiger partial charge in [0.05, 0.1) is 19.3 Å². The van der Waals surface area contributed by atoms with Crippen LogP contribution in [0.4, 0.5) is 4.39 Å². The van der Waals surface area contributed by atoms with Gasteiger partial charge in [0, 0.05) is 31.6 Å². The Morgan fingerprint density at radius 3 is 2.60 bits per heavy atom. The van der Waals surface area contributed by atoms with Gasteiger partial charge in [-0.25, -0.2) is 17.1 Å². The molecule has 0 saturated carbocycles. The molecule has 2 fully saturated rings. The number of aliphatic hydroxyl groups is 1. The predicted molar refractivity (Wildman–Crippen MR) is 90.7 cm³/mol. The average molecular weight is 370 g/mol. The molecule has 1 aromatic carbocycles. The first-order valence-electron chi connectivity index (χ1n) is 8.32. The number of hydrogen-bond acceptors (Lipinski definition) is 4. The van der Waals surface area contributed by atoms with E-state index in [1.165, 1.54) is 22.7 Å². The SMILES string of the molecule is CS(=O)(=O)N1C[C@@H]2CCN(C(=O)Cc3ccc(F)cc3)C[C@]2(CO)C1. The number of halogens is 1. The Labute approximate surface area is 147 Å². The molecule has 0 unspecified atom stereocenters. The highest BCUT2D eigenvalue weighted by atomic mass is 32.2. The minimum atomic E-state index is -3.32. The van der Waals surface area contributed by atoms with E-state index in [9.17, 15) is 22.7 Å². The van der Waals surface area contributed by atoms with Crippen molar-refractivity contribution in [2.45, 2.75) is 12.8 Å². The van der Waals surface area contributed by atoms with Crippen molar-refractivity contribution < 1.29 is 22.7 Å². The number of amides is 1. The van der Waals surface area contributed by atoms with Gasteiger partial charge in [0.1, 0.15) is 5.82 Å². The molecule has 0 aliphatic carbocycles. The number of likely N-dealkylation sites (tertiary alicyclic amines) is 1. The van der Waals surface area contributed by atoms with Crippen molar-refractivity contribution in [1.29, 1.82) is 0 Å². The summed E-state index contributed by atoms with van der Waals surface area (Å²) in [7, 11) is -3.32. The number of benzene rings is 1. The van der Waals surface area contributed by atoms with Gasteiger partial charge in [-0.05, 0) is 30.0 Å². The molecule has 2 heterocycles. The summed E-state index contributed by atoms with van der Waals surface area (Å²) in [6.07, 6.45) is 2.01. The molecule has 1 amide bonds. The van der Waals surface area contributed by atoms with Crippen molar-refractivity contribution in [1.82, 2.24) is 9.21 Å². The third-order valence-corrected chi connectivity index (χ3v) is 6.66. The first-order chi connectivity index (χ1) is 11.7. The minimum absolute atomic E-state index is 0.0575. The van der Waals surface area contributed by atoms with Crippen LogP contribution in [0.15, 0.2) is 24.3 Å². The van der Waals surface area contributed by atoms with E-state index in [0.29, 0.717) is 26.1 Å². The van der Waals surface area contributed by atoms with Crippen LogP contribution < -0.4 is 0 Å². The maximum atomic E-state index is 13.0. The topological polar surface area (TPSA) is 77.9 Å². The number of aliphatic hydroxyl groups excluding tert-OH is 1. The largest absolute Gasteiger partial charge is 0.396 e. The number of rotatable bonds is 4. The van der Waals surface area contributed by atoms with Crippen molar-refractivity contribution in [3.63, 3.8) is 0 Å². The summed E-state index contributed by atoms with van der Waals surface area (Å²) >= 11 is 0. The minimum Gasteiger partial charge on any atom is -0.396 e. The first kappa shape index (κ1) is 18.3. The van der Waals surface area contributed by atoms with Crippen LogP contribution in [0, 0.1) is 17.2 Å². The number of fused-ring (bicyclic) bond motifs is 1. The molecule has 2 atom stereocenters. The van der Waals surface area contributed by atoms with Crippen LogP contribution in [0.1, 0.15) is 12.0 Å². The molecule has 138 valence electrons. The molecule has 0 bridgehead atoms. The van der Waals surface area contributed by atoms with E-state index in [4.69, 9.17) is 0 Å². The Kier molecular flexibility index (Phi) is 4.87. The third kappa shape index (κ3) is 3.70. The predicted octanol–water partition coefficient (Wildman–Crippen LogP) is 0.471. The van der Waals surface area contributed by atoms with Gasteiger partial charge >= 0.3 is 0 Å². The summed E-state index contributed by atoms with van der Waals surface area (Å²) in [5, 5.41) is 9.95. The van der Waals surface area contributed by atoms with Crippen molar-refractivity contribution in [2.75, 3.05) is 39.0 Å². The van der Waals surface area contributed by atoms with E-state index < -0.39 is 15.4 Å². The molecule has 3 rings (SSSR count). The number of hydrogen-bond donors (Lipinski definition) is 1. The van der Waals surface area contributed by atoms with E-state index in [1.807, 2.05) is 0 Å². The fourth-order valence-corrected chi connectivity index (χ4v) is 4.86. The van der Waals surface area contributed by atoms with Gasteiger partial charge in [-0.2, -0.15) is 0 Å². The summed E-state index contributed by atoms with van der Waals surface area (Å²) in [6.45, 7) is 1.39. The lowest BCUT2D eigenvalue weighted by Crippen LogP contribution is -2.53. The number of carbonyl (C=O) groups is 1. The molecule has 0 spiro atoms. The monoisotopic (exact) mass is 370 g/mol. The van der Waals surface area contributed by atoms with Gasteiger partial charge in [-0.1, -0.05) is 12.1 Å². The second-order valence-corrected chi connectivity index (χ2v) is 9.16. The van der Waals surface area contributed by atoms with Gasteiger partial charge in [0.25, 0.3) is 0 Å². The van der Waals surface area contributed by atoms with E-state index in [1.54, 1.807) is 17.0 Å². The molecule has 0 aromatic heterocycles. The fraction of sp³-hybridized carbons (Fsp3) is 0.588. The number of nitrogens with zero attached hydrogens (tertiary/aromatic N) is 2. The zero-order chi connectivity index (χ0) is 18.2. The second kappa shape index (κ2) is 6.66. The summed E-state index contributed by atoms with van der Waals surface area (Å²) < 4.78 is 38.1. The molecule has 1 aromatic rings. The van der Waals surface area contributed by atoms with Crippen LogP contribution in [0.3, 0.4) is 0 Å². The lowest BCUT2D eigenvalue weighted by molar-refractivity contribution is -0.135. The lowest BCUT2D eigenvalue weighted by atomic mass is 9.74. The highest BCUT2D eigenvalue weighted by molar-refractivity contribution is 7.88. The molecule has 1 N–H and O–H groups in total. The summed E-state index contributed by atoms with van der Waals surface area (Å²) in [5.74, 6) is -0.374. The number of sulfonamides is 1. The second-order valence-electron chi connectivity index (χ2n) is 7.18. The van der Waals surface area contributed by atoms with Crippen molar-refractivity contribution in [2.24, 2.45) is 11.3 Å². The molecule has 2 saturated heterocycles. The molecular formula is C17H23FN2O4S. The first-order valence-corrected chi connectivity index (χ1v) is 10.2. The van der Waals surface area contributed by atoms with Gasteiger partial charge in [0.15, 0.2) is 0 Å². The summed E-state index contributed by atoms with van der Waals surface area (Å²) in [4.78, 5) is 14.3. The smallest absolute Gasteiger partial charge is 0.227 e. The van der Waals surface area contributed by atoms with Crippen molar-refractivity contribution in [3.8, 4) is 0 Å². The Hall–Kier alpha value is -1.51. The van der Waals surface area contributed by atoms with Crippen LogP contribution in [-0.4, -0.2) is 67.7 Å². The molecule has 0 radical (unpaired) electrons. The van der Waals surface area contributed by atoms with Gasteiger partial charge in [-0.3, -0.25) is 4.79 Å². The molecule has 6 nitrogen and oxygen atoms in total. The highest BCUT2D eigenvalue weighted by Crippen LogP contribution is 2.42. The molecule has 25 heavy (non-hydrogen) atoms. The Morgan fingerprint density at radius 1 is 1.32 bits per heavy atom. The van der Waals surface area contributed by atoms with Crippen LogP contribution in [0.5, 0.6) is 0 Å². The van der Waals surface area contributed by atoms with Crippen LogP contribution in [-0.2, 0) is 21.2 Å². The summed E-state index contributed by atoms with van der Waals surface area (Å²) in [6, 6.07) is 5.82. The maximum absolute atomic E-state index is 13.0. The van der Waals surface area contributed by atoms with Gasteiger partial charge in [0.2, 0.25) is 15.9 Å². The highest BCUT2D eigenvalue weighted by Gasteiger charge is 2.52. The average Bonchev–Trinajstić information content (AvgIpc) is 2.96. The molecule has 2 aliphatic heterocycles. The Bertz CT molecular complexity index is 752. The van der Waals surface area contributed by atoms with Crippen LogP contribution in [0.2, 0.25) is 0 Å². The quantitative estimate of drug-likeness (QED) is 0.836. The molecular weight excluding hydrogens is 347 g/mol. The van der Waals surface area contributed by atoms with Crippen molar-refractivity contribution >= 4 is 15.9 Å². The maximum Gasteiger partial charge on any atom is 0.227 e. The molecule has 8 heteroatoms. The van der Waals surface area contributed by atoms with Crippen LogP contribution >= 0.6 is 0 Å². The van der Waals surface area contributed by atoms with E-state index in [-0.39, 0.29) is 37.2 Å². The van der Waals surface area contributed by atoms with Gasteiger partial charge < -0.3 is 10.0 Å². The zero-order valence-corrected chi connectivity index (χ0v) is 15.0. The molecule has 2 aliphatic rings.